The Morgan fingerprint density at radius 1 is 0.272 bits per heavy atom. The first-order valence-electron chi connectivity index (χ1n) is 40.5. The lowest BCUT2D eigenvalue weighted by molar-refractivity contribution is 0.0991. The molecule has 0 aliphatic heterocycles. The Kier molecular flexibility index (Phi) is 29.5. The van der Waals surface area contributed by atoms with Gasteiger partial charge in [0.25, 0.3) is 17.7 Å². The second kappa shape index (κ2) is 41.7. The van der Waals surface area contributed by atoms with Crippen LogP contribution >= 0.6 is 0 Å². The number of phenols is 9. The Labute approximate surface area is 726 Å². The van der Waals surface area contributed by atoms with E-state index in [1.807, 2.05) is 123 Å². The Balaban J connectivity index is 0.000000142. The molecule has 0 radical (unpaired) electrons. The van der Waals surface area contributed by atoms with E-state index in [0.29, 0.717) is 63.9 Å². The average Bonchev–Trinajstić information content (AvgIpc) is 0.810. The number of benzene rings is 16. The van der Waals surface area contributed by atoms with Crippen LogP contribution in [0.4, 0.5) is 61.3 Å². The summed E-state index contributed by atoms with van der Waals surface area (Å²) in [5.74, 6) is 0.711. The molecule has 0 saturated heterocycles. The van der Waals surface area contributed by atoms with E-state index in [1.165, 1.54) is 64.2 Å². The number of aryl methyl sites for hydroxylation is 4. The van der Waals surface area contributed by atoms with Gasteiger partial charge in [0, 0.05) is 86.7 Å². The van der Waals surface area contributed by atoms with Gasteiger partial charge in [-0.25, -0.2) is 4.39 Å². The van der Waals surface area contributed by atoms with Crippen LogP contribution in [0.1, 0.15) is 88.9 Å². The summed E-state index contributed by atoms with van der Waals surface area (Å²) >= 11 is 0. The van der Waals surface area contributed by atoms with E-state index in [4.69, 9.17) is 0 Å². The number of nitrogens with zero attached hydrogens (tertiary/aromatic N) is 5. The number of anilines is 10. The zero-order valence-electron chi connectivity index (χ0n) is 69.9. The van der Waals surface area contributed by atoms with Gasteiger partial charge in [0.2, 0.25) is 0 Å². The SMILES string of the molecule is CCCc1ccc(C(=O)N(c2ccc(O)cc2)c2ccc(O)cc2)cc1.Cc1ccc(CN(c2ccc(O)cc2)c2ccc(F)cc2)cc1.Cc1cccc(C(=O)N(c2ccc(O)cc2)c2ccc(O)cc2)c1C.Cc1cccc(CN(c2ccc(O)cc2)c2ccc(O)cc2)c1C.O=C(c1ccc2ccccc2c1)N(c1ccc(O)cc1)c1ccc(O)cc1. The lowest BCUT2D eigenvalue weighted by Crippen LogP contribution is -2.26. The first kappa shape index (κ1) is 88.2. The number of carbonyl (C=O) groups excluding carboxylic acids is 3. The molecule has 125 heavy (non-hydrogen) atoms. The number of halogens is 1. The maximum Gasteiger partial charge on any atom is 0.263 e. The van der Waals surface area contributed by atoms with Crippen LogP contribution < -0.4 is 24.5 Å². The number of fused-ring (bicyclic) bond motifs is 1. The third-order valence-corrected chi connectivity index (χ3v) is 21.0. The van der Waals surface area contributed by atoms with Crippen molar-refractivity contribution in [2.45, 2.75) is 67.5 Å². The molecular weight excluding hydrogens is 1570 g/mol. The lowest BCUT2D eigenvalue weighted by atomic mass is 10.0. The Bertz CT molecular complexity index is 6020. The standard InChI is InChI=1S/C23H17NO3.C22H21NO3.C21H19NO3.C21H21NO2.C20H18FNO/c25-21-11-7-19(8-12-21)24(20-9-13-22(26)14-10-20)23(27)18-6-5-16-3-1-2-4-17(16)15-18;1-2-3-16-4-6-17(7-5-16)22(26)23(18-8-12-20(24)13-9-18)19-10-14-21(25)15-11-19;1-14-4-3-5-20(15(14)2)21(25)22(16-6-10-18(23)11-7-16)17-8-12-19(24)13-9-17;1-15-4-3-5-17(16(15)2)14-22(18-6-10-20(23)11-7-18)19-8-12-21(24)13-9-19;1-15-2-4-16(5-3-15)14-22(18-8-6-17(21)7-9-18)19-10-12-20(23)13-11-19/h1-15,25-26H;4-15,24-25H,2-3H2,1H3;3-13,23-24H,1-2H3;3-13,23-24H,14H2,1-2H3;2-13,23H,14H2,1H3. The monoisotopic (exact) mass is 1660 g/mol. The number of rotatable bonds is 19. The van der Waals surface area contributed by atoms with E-state index < -0.39 is 0 Å². The van der Waals surface area contributed by atoms with E-state index in [0.717, 1.165) is 63.1 Å². The molecule has 9 N–H and O–H groups in total. The van der Waals surface area contributed by atoms with Gasteiger partial charge in [-0.05, 0) is 364 Å². The molecule has 0 spiro atoms. The fourth-order valence-electron chi connectivity index (χ4n) is 13.8. The lowest BCUT2D eigenvalue weighted by Gasteiger charge is -2.26. The molecule has 16 rings (SSSR count). The molecule has 0 atom stereocenters. The number of amides is 3. The zero-order valence-corrected chi connectivity index (χ0v) is 69.9. The van der Waals surface area contributed by atoms with Crippen LogP contribution in [-0.4, -0.2) is 63.7 Å². The second-order valence-corrected chi connectivity index (χ2v) is 29.8. The fourth-order valence-corrected chi connectivity index (χ4v) is 13.8. The molecule has 18 heteroatoms. The summed E-state index contributed by atoms with van der Waals surface area (Å²) in [5, 5.41) is 88.0. The van der Waals surface area contributed by atoms with E-state index in [-0.39, 0.29) is 75.3 Å². The van der Waals surface area contributed by atoms with Gasteiger partial charge in [-0.1, -0.05) is 116 Å². The quantitative estimate of drug-likeness (QED) is 0.0365. The largest absolute Gasteiger partial charge is 0.508 e. The maximum absolute atomic E-state index is 13.4. The first-order chi connectivity index (χ1) is 60.3. The van der Waals surface area contributed by atoms with Crippen molar-refractivity contribution in [1.29, 1.82) is 0 Å². The van der Waals surface area contributed by atoms with Gasteiger partial charge in [-0.3, -0.25) is 29.1 Å². The van der Waals surface area contributed by atoms with Crippen molar-refractivity contribution < 1.29 is 64.7 Å². The van der Waals surface area contributed by atoms with Crippen molar-refractivity contribution in [1.82, 2.24) is 0 Å². The smallest absolute Gasteiger partial charge is 0.263 e. The van der Waals surface area contributed by atoms with Gasteiger partial charge in [0.05, 0.1) is 0 Å². The number of hydrogen-bond donors (Lipinski definition) is 9. The minimum Gasteiger partial charge on any atom is -0.508 e. The Morgan fingerprint density at radius 2 is 0.576 bits per heavy atom. The molecule has 0 aliphatic carbocycles. The summed E-state index contributed by atoms with van der Waals surface area (Å²) in [4.78, 5) is 48.8. The summed E-state index contributed by atoms with van der Waals surface area (Å²) in [6, 6.07) is 108. The molecule has 16 aromatic carbocycles. The van der Waals surface area contributed by atoms with Crippen LogP contribution in [0.25, 0.3) is 10.8 Å². The Morgan fingerprint density at radius 3 is 0.952 bits per heavy atom. The van der Waals surface area contributed by atoms with Gasteiger partial charge < -0.3 is 55.8 Å². The molecule has 628 valence electrons. The summed E-state index contributed by atoms with van der Waals surface area (Å²) in [6.45, 7) is 13.7. The van der Waals surface area contributed by atoms with E-state index >= 15 is 0 Å². The minimum atomic E-state index is -0.255. The van der Waals surface area contributed by atoms with E-state index in [9.17, 15) is 64.7 Å². The molecule has 17 nitrogen and oxygen atoms in total. The molecule has 0 aliphatic rings. The molecule has 3 amide bonds. The normalized spacial score (nSPS) is 10.6. The van der Waals surface area contributed by atoms with Crippen LogP contribution in [0, 0.1) is 40.4 Å². The van der Waals surface area contributed by atoms with E-state index in [1.54, 1.807) is 197 Å². The molecule has 0 heterocycles. The highest BCUT2D eigenvalue weighted by molar-refractivity contribution is 6.14. The highest BCUT2D eigenvalue weighted by Gasteiger charge is 2.25. The van der Waals surface area contributed by atoms with Crippen LogP contribution in [0.2, 0.25) is 0 Å². The summed E-state index contributed by atoms with van der Waals surface area (Å²) in [7, 11) is 0. The maximum atomic E-state index is 13.4. The summed E-state index contributed by atoms with van der Waals surface area (Å²) < 4.78 is 13.2. The number of phenolic OH excluding ortho intramolecular Hbond substituents is 9. The second-order valence-electron chi connectivity index (χ2n) is 29.8. The van der Waals surface area contributed by atoms with Crippen LogP contribution in [0.3, 0.4) is 0 Å². The van der Waals surface area contributed by atoms with Gasteiger partial charge >= 0.3 is 0 Å². The summed E-state index contributed by atoms with van der Waals surface area (Å²) in [6.07, 6.45) is 2.04. The van der Waals surface area contributed by atoms with Crippen molar-refractivity contribution in [3.8, 4) is 51.7 Å². The third kappa shape index (κ3) is 23.5. The average molecular weight is 1660 g/mol. The van der Waals surface area contributed by atoms with Gasteiger partial charge in [-0.15, -0.1) is 0 Å². The van der Waals surface area contributed by atoms with Crippen molar-refractivity contribution >= 4 is 85.4 Å². The number of aromatic hydroxyl groups is 9. The van der Waals surface area contributed by atoms with Gasteiger partial charge in [0.1, 0.15) is 57.6 Å². The molecule has 16 aromatic rings. The molecule has 0 bridgehead atoms. The highest BCUT2D eigenvalue weighted by atomic mass is 19.1. The van der Waals surface area contributed by atoms with Crippen molar-refractivity contribution in [3.05, 3.63) is 437 Å². The van der Waals surface area contributed by atoms with Crippen LogP contribution in [0.5, 0.6) is 51.7 Å². The predicted octanol–water partition coefficient (Wildman–Crippen LogP) is 25.2. The number of carbonyl (C=O) groups is 3. The van der Waals surface area contributed by atoms with Crippen molar-refractivity contribution in [2.24, 2.45) is 0 Å². The Hall–Kier alpha value is -16.1. The fraction of sp³-hybridized carbons (Fsp3) is 0.0935. The van der Waals surface area contributed by atoms with Crippen molar-refractivity contribution in [2.75, 3.05) is 24.5 Å². The molecule has 0 unspecified atom stereocenters. The topological polar surface area (TPSA) is 249 Å². The van der Waals surface area contributed by atoms with Gasteiger partial charge in [-0.2, -0.15) is 0 Å². The predicted molar refractivity (Wildman–Crippen MR) is 498 cm³/mol. The third-order valence-electron chi connectivity index (χ3n) is 21.0. The van der Waals surface area contributed by atoms with Crippen LogP contribution in [0.15, 0.2) is 370 Å². The van der Waals surface area contributed by atoms with Gasteiger partial charge in [0.15, 0.2) is 0 Å². The van der Waals surface area contributed by atoms with Crippen molar-refractivity contribution in [3.63, 3.8) is 0 Å². The minimum absolute atomic E-state index is 0.127. The molecule has 0 aromatic heterocycles. The molecular formula is C107H96FN5O12. The first-order valence-corrected chi connectivity index (χ1v) is 40.5. The van der Waals surface area contributed by atoms with Crippen LogP contribution in [-0.2, 0) is 19.5 Å². The molecule has 0 saturated carbocycles. The molecule has 0 fully saturated rings. The highest BCUT2D eigenvalue weighted by Crippen LogP contribution is 2.38. The van der Waals surface area contributed by atoms with E-state index in [2.05, 4.69) is 80.0 Å². The summed E-state index contributed by atoms with van der Waals surface area (Å²) in [5.41, 5.74) is 18.7. The zero-order chi connectivity index (χ0) is 88.6. The number of hydrogen-bond acceptors (Lipinski definition) is 14.